The van der Waals surface area contributed by atoms with Gasteiger partial charge in [0.2, 0.25) is 5.82 Å². The van der Waals surface area contributed by atoms with Gasteiger partial charge in [-0.2, -0.15) is 10.1 Å². The predicted octanol–water partition coefficient (Wildman–Crippen LogP) is 4.11. The van der Waals surface area contributed by atoms with E-state index in [1.807, 2.05) is 48.9 Å². The first-order valence-electron chi connectivity index (χ1n) is 8.42. The maximum absolute atomic E-state index is 13.2. The van der Waals surface area contributed by atoms with Crippen LogP contribution in [0.25, 0.3) is 22.8 Å². The lowest BCUT2D eigenvalue weighted by atomic mass is 10.1. The Morgan fingerprint density at radius 1 is 1.04 bits per heavy atom. The summed E-state index contributed by atoms with van der Waals surface area (Å²) in [5.74, 6) is -0.508. The highest BCUT2D eigenvalue weighted by Crippen LogP contribution is 2.26. The summed E-state index contributed by atoms with van der Waals surface area (Å²) >= 11 is 0. The summed E-state index contributed by atoms with van der Waals surface area (Å²) in [5, 5.41) is 17.9. The van der Waals surface area contributed by atoms with Crippen LogP contribution in [-0.4, -0.2) is 25.0 Å². The van der Waals surface area contributed by atoms with Gasteiger partial charge >= 0.3 is 0 Å². The van der Waals surface area contributed by atoms with Gasteiger partial charge in [0.05, 0.1) is 12.2 Å². The van der Waals surface area contributed by atoms with Crippen LogP contribution in [0, 0.1) is 19.7 Å². The van der Waals surface area contributed by atoms with Crippen LogP contribution in [0.5, 0.6) is 5.75 Å². The van der Waals surface area contributed by atoms with E-state index in [9.17, 15) is 9.50 Å². The third-order valence-corrected chi connectivity index (χ3v) is 4.27. The van der Waals surface area contributed by atoms with Crippen molar-refractivity contribution in [1.29, 1.82) is 0 Å². The number of aromatic nitrogens is 4. The molecule has 2 aromatic carbocycles. The molecular weight excluding hydrogens is 347 g/mol. The van der Waals surface area contributed by atoms with Gasteiger partial charge in [-0.15, -0.1) is 0 Å². The van der Waals surface area contributed by atoms with Crippen LogP contribution in [0.4, 0.5) is 4.39 Å². The van der Waals surface area contributed by atoms with Gasteiger partial charge in [0.15, 0.2) is 11.6 Å². The summed E-state index contributed by atoms with van der Waals surface area (Å²) in [5.41, 5.74) is 4.46. The third kappa shape index (κ3) is 3.44. The molecule has 0 amide bonds. The van der Waals surface area contributed by atoms with Crippen molar-refractivity contribution in [2.45, 2.75) is 20.4 Å². The highest BCUT2D eigenvalue weighted by molar-refractivity contribution is 5.61. The molecule has 4 aromatic rings. The molecule has 4 rings (SSSR count). The van der Waals surface area contributed by atoms with Crippen LogP contribution in [0.2, 0.25) is 0 Å². The first-order valence-corrected chi connectivity index (χ1v) is 8.42. The highest BCUT2D eigenvalue weighted by atomic mass is 19.1. The number of hydrogen-bond donors (Lipinski definition) is 1. The number of hydrogen-bond acceptors (Lipinski definition) is 5. The van der Waals surface area contributed by atoms with Crippen LogP contribution in [0.15, 0.2) is 53.1 Å². The Morgan fingerprint density at radius 3 is 2.44 bits per heavy atom. The molecular formula is C20H17FN4O2. The second-order valence-corrected chi connectivity index (χ2v) is 6.37. The van der Waals surface area contributed by atoms with Crippen molar-refractivity contribution in [3.8, 4) is 28.6 Å². The Hall–Kier alpha value is -3.48. The summed E-state index contributed by atoms with van der Waals surface area (Å²) < 4.78 is 20.4. The molecule has 0 bridgehead atoms. The quantitative estimate of drug-likeness (QED) is 0.590. The summed E-state index contributed by atoms with van der Waals surface area (Å²) in [4.78, 5) is 4.32. The fourth-order valence-corrected chi connectivity index (χ4v) is 2.87. The number of nitrogens with zero attached hydrogens (tertiary/aromatic N) is 4. The minimum absolute atomic E-state index is 0.284. The fraction of sp³-hybridized carbons (Fsp3) is 0.150. The van der Waals surface area contributed by atoms with Crippen molar-refractivity contribution < 1.29 is 14.0 Å². The number of rotatable bonds is 4. The van der Waals surface area contributed by atoms with Gasteiger partial charge < -0.3 is 9.63 Å². The third-order valence-electron chi connectivity index (χ3n) is 4.27. The molecule has 0 atom stereocenters. The number of aromatic hydroxyl groups is 1. The zero-order valence-corrected chi connectivity index (χ0v) is 14.8. The molecule has 1 N–H and O–H groups in total. The number of phenolic OH excluding ortho intramolecular Hbond substituents is 1. The van der Waals surface area contributed by atoms with Gasteiger partial charge in [0.1, 0.15) is 0 Å². The van der Waals surface area contributed by atoms with E-state index in [2.05, 4.69) is 15.2 Å². The monoisotopic (exact) mass is 364 g/mol. The van der Waals surface area contributed by atoms with Gasteiger partial charge in [-0.25, -0.2) is 4.39 Å². The molecule has 0 saturated heterocycles. The zero-order chi connectivity index (χ0) is 19.0. The SMILES string of the molecule is Cc1cc(C)n(Cc2ccc(-c3nc(-c4ccc(F)c(O)c4)no3)cc2)n1. The summed E-state index contributed by atoms with van der Waals surface area (Å²) in [7, 11) is 0. The van der Waals surface area contributed by atoms with Crippen molar-refractivity contribution in [2.75, 3.05) is 0 Å². The molecule has 0 spiro atoms. The standard InChI is InChI=1S/C20H17FN4O2/c1-12-9-13(2)25(23-12)11-14-3-5-15(6-4-14)20-22-19(24-27-20)16-7-8-17(21)18(26)10-16/h3-10,26H,11H2,1-2H3. The van der Waals surface area contributed by atoms with Crippen molar-refractivity contribution in [3.05, 3.63) is 71.3 Å². The minimum atomic E-state index is -0.694. The average Bonchev–Trinajstić information content (AvgIpc) is 3.25. The summed E-state index contributed by atoms with van der Waals surface area (Å²) in [6, 6.07) is 13.7. The van der Waals surface area contributed by atoms with Gasteiger partial charge in [-0.05, 0) is 55.8 Å². The maximum atomic E-state index is 13.2. The smallest absolute Gasteiger partial charge is 0.258 e. The Labute approximate surface area is 154 Å². The fourth-order valence-electron chi connectivity index (χ4n) is 2.87. The van der Waals surface area contributed by atoms with Gasteiger partial charge in [-0.1, -0.05) is 17.3 Å². The van der Waals surface area contributed by atoms with Gasteiger partial charge in [-0.3, -0.25) is 4.68 Å². The normalized spacial score (nSPS) is 11.1. The van der Waals surface area contributed by atoms with E-state index in [1.54, 1.807) is 0 Å². The lowest BCUT2D eigenvalue weighted by Crippen LogP contribution is -2.03. The van der Waals surface area contributed by atoms with Crippen LogP contribution in [-0.2, 0) is 6.54 Å². The molecule has 0 aliphatic carbocycles. The average molecular weight is 364 g/mol. The molecule has 0 aliphatic heterocycles. The molecule has 0 saturated carbocycles. The van der Waals surface area contributed by atoms with E-state index in [-0.39, 0.29) is 5.82 Å². The molecule has 0 aliphatic rings. The lowest BCUT2D eigenvalue weighted by Gasteiger charge is -2.05. The predicted molar refractivity (Wildman–Crippen MR) is 97.6 cm³/mol. The van der Waals surface area contributed by atoms with Crippen molar-refractivity contribution in [2.24, 2.45) is 0 Å². The van der Waals surface area contributed by atoms with Crippen molar-refractivity contribution >= 4 is 0 Å². The summed E-state index contributed by atoms with van der Waals surface area (Å²) in [6.45, 7) is 4.69. The van der Waals surface area contributed by atoms with Crippen molar-refractivity contribution in [3.63, 3.8) is 0 Å². The zero-order valence-electron chi connectivity index (χ0n) is 14.8. The maximum Gasteiger partial charge on any atom is 0.258 e. The van der Waals surface area contributed by atoms with Crippen LogP contribution in [0.3, 0.4) is 0 Å². The van der Waals surface area contributed by atoms with E-state index in [4.69, 9.17) is 4.52 Å². The number of phenols is 1. The number of halogens is 1. The van der Waals surface area contributed by atoms with Crippen LogP contribution in [0.1, 0.15) is 17.0 Å². The second kappa shape index (κ2) is 6.68. The minimum Gasteiger partial charge on any atom is -0.505 e. The molecule has 6 nitrogen and oxygen atoms in total. The molecule has 7 heteroatoms. The Bertz CT molecular complexity index is 1100. The van der Waals surface area contributed by atoms with Crippen LogP contribution >= 0.6 is 0 Å². The molecule has 0 radical (unpaired) electrons. The summed E-state index contributed by atoms with van der Waals surface area (Å²) in [6.07, 6.45) is 0. The van der Waals surface area contributed by atoms with Gasteiger partial charge in [0.25, 0.3) is 5.89 Å². The lowest BCUT2D eigenvalue weighted by molar-refractivity contribution is 0.429. The van der Waals surface area contributed by atoms with E-state index in [1.165, 1.54) is 12.1 Å². The second-order valence-electron chi connectivity index (χ2n) is 6.37. The van der Waals surface area contributed by atoms with E-state index in [0.29, 0.717) is 18.0 Å². The van der Waals surface area contributed by atoms with Crippen LogP contribution < -0.4 is 0 Å². The number of aryl methyl sites for hydroxylation is 2. The largest absolute Gasteiger partial charge is 0.505 e. The van der Waals surface area contributed by atoms with E-state index < -0.39 is 11.6 Å². The number of benzene rings is 2. The molecule has 136 valence electrons. The first-order chi connectivity index (χ1) is 13.0. The molecule has 2 aromatic heterocycles. The molecule has 0 unspecified atom stereocenters. The Morgan fingerprint density at radius 2 is 1.78 bits per heavy atom. The van der Waals surface area contributed by atoms with Crippen molar-refractivity contribution in [1.82, 2.24) is 19.9 Å². The topological polar surface area (TPSA) is 77.0 Å². The molecule has 0 fully saturated rings. The Kier molecular flexibility index (Phi) is 4.19. The highest BCUT2D eigenvalue weighted by Gasteiger charge is 2.12. The van der Waals surface area contributed by atoms with E-state index >= 15 is 0 Å². The molecule has 27 heavy (non-hydrogen) atoms. The van der Waals surface area contributed by atoms with E-state index in [0.717, 1.165) is 28.6 Å². The van der Waals surface area contributed by atoms with Gasteiger partial charge in [0, 0.05) is 16.8 Å². The molecule has 2 heterocycles. The Balaban J connectivity index is 1.55. The first kappa shape index (κ1) is 17.0.